The first kappa shape index (κ1) is 17.5. The Labute approximate surface area is 150 Å². The molecule has 134 valence electrons. The van der Waals surface area contributed by atoms with Crippen LogP contribution in [-0.2, 0) is 11.3 Å². The van der Waals surface area contributed by atoms with Crippen molar-refractivity contribution in [1.29, 1.82) is 0 Å². The third-order valence-electron chi connectivity index (χ3n) is 3.53. The average molecular weight is 354 g/mol. The Kier molecular flexibility index (Phi) is 5.48. The van der Waals surface area contributed by atoms with Crippen molar-refractivity contribution in [2.24, 2.45) is 0 Å². The largest absolute Gasteiger partial charge is 0.497 e. The highest BCUT2D eigenvalue weighted by Crippen LogP contribution is 2.22. The quantitative estimate of drug-likeness (QED) is 0.600. The number of benzene rings is 2. The van der Waals surface area contributed by atoms with Crippen LogP contribution in [0, 0.1) is 0 Å². The van der Waals surface area contributed by atoms with Crippen molar-refractivity contribution in [3.8, 4) is 22.9 Å². The van der Waals surface area contributed by atoms with Crippen LogP contribution in [0.5, 0.6) is 11.5 Å². The molecular formula is C19H18N2O5. The summed E-state index contributed by atoms with van der Waals surface area (Å²) in [5.41, 5.74) is 1.09. The molecule has 26 heavy (non-hydrogen) atoms. The maximum absolute atomic E-state index is 12.3. The van der Waals surface area contributed by atoms with E-state index in [2.05, 4.69) is 10.1 Å². The zero-order chi connectivity index (χ0) is 18.4. The number of esters is 1. The van der Waals surface area contributed by atoms with Gasteiger partial charge in [-0.25, -0.2) is 4.79 Å². The summed E-state index contributed by atoms with van der Waals surface area (Å²) < 4.78 is 21.0. The minimum atomic E-state index is -0.518. The molecule has 0 fully saturated rings. The van der Waals surface area contributed by atoms with Gasteiger partial charge in [0.25, 0.3) is 5.89 Å². The summed E-state index contributed by atoms with van der Waals surface area (Å²) in [5.74, 6) is 1.24. The van der Waals surface area contributed by atoms with E-state index in [9.17, 15) is 4.79 Å². The van der Waals surface area contributed by atoms with Crippen LogP contribution in [0.25, 0.3) is 11.4 Å². The van der Waals surface area contributed by atoms with Crippen LogP contribution in [0.2, 0.25) is 0 Å². The van der Waals surface area contributed by atoms with Crippen LogP contribution in [0.4, 0.5) is 0 Å². The van der Waals surface area contributed by atoms with Gasteiger partial charge in [-0.1, -0.05) is 29.4 Å². The van der Waals surface area contributed by atoms with E-state index in [0.717, 1.165) is 5.56 Å². The Morgan fingerprint density at radius 1 is 1.15 bits per heavy atom. The number of nitrogens with zero attached hydrogens (tertiary/aromatic N) is 2. The fraction of sp³-hybridized carbons (Fsp3) is 0.211. The molecule has 0 aliphatic carbocycles. The zero-order valence-corrected chi connectivity index (χ0v) is 14.5. The molecule has 0 unspecified atom stereocenters. The molecule has 1 aromatic heterocycles. The minimum absolute atomic E-state index is 0.129. The first-order chi connectivity index (χ1) is 12.7. The standard InChI is InChI=1S/C19H18N2O5/c1-3-24-16-10-5-4-9-15(16)19(22)25-12-17-20-18(21-26-17)13-7-6-8-14(11-13)23-2/h4-11H,3,12H2,1-2H3. The summed E-state index contributed by atoms with van der Waals surface area (Å²) in [4.78, 5) is 16.5. The molecule has 0 N–H and O–H groups in total. The third-order valence-corrected chi connectivity index (χ3v) is 3.53. The molecule has 0 bridgehead atoms. The van der Waals surface area contributed by atoms with Crippen LogP contribution in [-0.4, -0.2) is 29.8 Å². The molecule has 0 atom stereocenters. The highest BCUT2D eigenvalue weighted by molar-refractivity contribution is 5.92. The van der Waals surface area contributed by atoms with Gasteiger partial charge in [-0.15, -0.1) is 0 Å². The number of carbonyl (C=O) groups excluding carboxylic acids is 1. The number of para-hydroxylation sites is 1. The lowest BCUT2D eigenvalue weighted by Gasteiger charge is -2.08. The molecule has 7 heteroatoms. The number of hydrogen-bond acceptors (Lipinski definition) is 7. The van der Waals surface area contributed by atoms with E-state index >= 15 is 0 Å². The van der Waals surface area contributed by atoms with Gasteiger partial charge in [-0.3, -0.25) is 0 Å². The normalized spacial score (nSPS) is 10.4. The maximum Gasteiger partial charge on any atom is 0.342 e. The smallest absolute Gasteiger partial charge is 0.342 e. The lowest BCUT2D eigenvalue weighted by atomic mass is 10.2. The van der Waals surface area contributed by atoms with Gasteiger partial charge in [0.15, 0.2) is 6.61 Å². The van der Waals surface area contributed by atoms with Crippen molar-refractivity contribution in [2.75, 3.05) is 13.7 Å². The van der Waals surface area contributed by atoms with Crippen molar-refractivity contribution in [1.82, 2.24) is 10.1 Å². The van der Waals surface area contributed by atoms with Crippen molar-refractivity contribution >= 4 is 5.97 Å². The molecule has 3 aromatic rings. The van der Waals surface area contributed by atoms with Crippen molar-refractivity contribution in [3.05, 3.63) is 60.0 Å². The van der Waals surface area contributed by atoms with E-state index in [-0.39, 0.29) is 12.5 Å². The Balaban J connectivity index is 1.67. The molecule has 0 aliphatic heterocycles. The van der Waals surface area contributed by atoms with E-state index in [4.69, 9.17) is 18.7 Å². The van der Waals surface area contributed by atoms with E-state index in [1.807, 2.05) is 25.1 Å². The Bertz CT molecular complexity index is 891. The van der Waals surface area contributed by atoms with Gasteiger partial charge in [0.05, 0.1) is 13.7 Å². The third kappa shape index (κ3) is 4.00. The number of hydrogen-bond donors (Lipinski definition) is 0. The number of ether oxygens (including phenoxy) is 3. The molecule has 0 radical (unpaired) electrons. The number of methoxy groups -OCH3 is 1. The second-order valence-electron chi connectivity index (χ2n) is 5.25. The number of rotatable bonds is 7. The summed E-state index contributed by atoms with van der Waals surface area (Å²) in [6, 6.07) is 14.2. The molecular weight excluding hydrogens is 336 g/mol. The topological polar surface area (TPSA) is 83.7 Å². The minimum Gasteiger partial charge on any atom is -0.497 e. The fourth-order valence-corrected chi connectivity index (χ4v) is 2.31. The maximum atomic E-state index is 12.3. The molecule has 0 saturated carbocycles. The van der Waals surface area contributed by atoms with Gasteiger partial charge in [-0.05, 0) is 31.2 Å². The molecule has 3 rings (SSSR count). The molecule has 1 heterocycles. The molecule has 0 amide bonds. The van der Waals surface area contributed by atoms with Crippen molar-refractivity contribution in [3.63, 3.8) is 0 Å². The summed E-state index contributed by atoms with van der Waals surface area (Å²) in [6.07, 6.45) is 0. The first-order valence-electron chi connectivity index (χ1n) is 8.07. The summed E-state index contributed by atoms with van der Waals surface area (Å²) >= 11 is 0. The van der Waals surface area contributed by atoms with Gasteiger partial charge in [0.1, 0.15) is 17.1 Å². The lowest BCUT2D eigenvalue weighted by Crippen LogP contribution is -2.08. The molecule has 0 saturated heterocycles. The summed E-state index contributed by atoms with van der Waals surface area (Å²) in [7, 11) is 1.58. The summed E-state index contributed by atoms with van der Waals surface area (Å²) in [6.45, 7) is 2.18. The van der Waals surface area contributed by atoms with E-state index in [0.29, 0.717) is 29.5 Å². The average Bonchev–Trinajstić information content (AvgIpc) is 3.16. The van der Waals surface area contributed by atoms with Gasteiger partial charge in [-0.2, -0.15) is 4.98 Å². The second kappa shape index (κ2) is 8.15. The fourth-order valence-electron chi connectivity index (χ4n) is 2.31. The monoisotopic (exact) mass is 354 g/mol. The number of carbonyl (C=O) groups is 1. The molecule has 0 aliphatic rings. The predicted octanol–water partition coefficient (Wildman–Crippen LogP) is 3.50. The highest BCUT2D eigenvalue weighted by Gasteiger charge is 2.16. The van der Waals surface area contributed by atoms with Crippen LogP contribution < -0.4 is 9.47 Å². The Hall–Kier alpha value is -3.35. The van der Waals surface area contributed by atoms with Gasteiger partial charge in [0, 0.05) is 5.56 Å². The van der Waals surface area contributed by atoms with E-state index < -0.39 is 5.97 Å². The SMILES string of the molecule is CCOc1ccccc1C(=O)OCc1nc(-c2cccc(OC)c2)no1. The van der Waals surface area contributed by atoms with Crippen molar-refractivity contribution in [2.45, 2.75) is 13.5 Å². The molecule has 0 spiro atoms. The molecule has 2 aromatic carbocycles. The molecule has 7 nitrogen and oxygen atoms in total. The van der Waals surface area contributed by atoms with Crippen LogP contribution >= 0.6 is 0 Å². The predicted molar refractivity (Wildman–Crippen MR) is 93.0 cm³/mol. The number of aromatic nitrogens is 2. The lowest BCUT2D eigenvalue weighted by molar-refractivity contribution is 0.0425. The van der Waals surface area contributed by atoms with Gasteiger partial charge in [0.2, 0.25) is 5.82 Å². The van der Waals surface area contributed by atoms with E-state index in [1.165, 1.54) is 0 Å². The van der Waals surface area contributed by atoms with E-state index in [1.54, 1.807) is 37.4 Å². The van der Waals surface area contributed by atoms with Gasteiger partial charge >= 0.3 is 5.97 Å². The second-order valence-corrected chi connectivity index (χ2v) is 5.25. The Morgan fingerprint density at radius 3 is 2.81 bits per heavy atom. The van der Waals surface area contributed by atoms with Crippen LogP contribution in [0.1, 0.15) is 23.2 Å². The van der Waals surface area contributed by atoms with Gasteiger partial charge < -0.3 is 18.7 Å². The van der Waals surface area contributed by atoms with Crippen molar-refractivity contribution < 1.29 is 23.5 Å². The first-order valence-corrected chi connectivity index (χ1v) is 8.07. The Morgan fingerprint density at radius 2 is 2.00 bits per heavy atom. The van der Waals surface area contributed by atoms with Crippen LogP contribution in [0.3, 0.4) is 0 Å². The highest BCUT2D eigenvalue weighted by atomic mass is 16.6. The zero-order valence-electron chi connectivity index (χ0n) is 14.5. The summed E-state index contributed by atoms with van der Waals surface area (Å²) in [5, 5.41) is 3.90. The van der Waals surface area contributed by atoms with Crippen LogP contribution in [0.15, 0.2) is 53.1 Å².